The van der Waals surface area contributed by atoms with E-state index in [4.69, 9.17) is 0 Å². The van der Waals surface area contributed by atoms with Gasteiger partial charge in [-0.15, -0.1) is 11.3 Å². The van der Waals surface area contributed by atoms with Crippen molar-refractivity contribution >= 4 is 17.3 Å². The van der Waals surface area contributed by atoms with Crippen LogP contribution in [0.2, 0.25) is 0 Å². The molecular weight excluding hydrogens is 266 g/mol. The highest BCUT2D eigenvalue weighted by molar-refractivity contribution is 7.09. The van der Waals surface area contributed by atoms with Crippen molar-refractivity contribution in [1.29, 1.82) is 0 Å². The normalized spacial score (nSPS) is 11.4. The summed E-state index contributed by atoms with van der Waals surface area (Å²) in [5.74, 6) is 0.849. The van der Waals surface area contributed by atoms with E-state index < -0.39 is 0 Å². The van der Waals surface area contributed by atoms with Crippen molar-refractivity contribution in [3.8, 4) is 0 Å². The van der Waals surface area contributed by atoms with E-state index in [0.29, 0.717) is 0 Å². The van der Waals surface area contributed by atoms with Crippen molar-refractivity contribution in [3.05, 3.63) is 57.8 Å². The van der Waals surface area contributed by atoms with Gasteiger partial charge in [-0.1, -0.05) is 35.9 Å². The molecule has 4 heteroatoms. The van der Waals surface area contributed by atoms with Crippen LogP contribution >= 0.6 is 11.3 Å². The van der Waals surface area contributed by atoms with Crippen molar-refractivity contribution in [2.24, 2.45) is 4.99 Å². The fourth-order valence-electron chi connectivity index (χ4n) is 1.87. The molecule has 0 spiro atoms. The van der Waals surface area contributed by atoms with Crippen molar-refractivity contribution < 1.29 is 0 Å². The number of guanidine groups is 1. The van der Waals surface area contributed by atoms with E-state index in [9.17, 15) is 0 Å². The molecule has 2 rings (SSSR count). The van der Waals surface area contributed by atoms with Gasteiger partial charge in [0.1, 0.15) is 0 Å². The maximum Gasteiger partial charge on any atom is 0.191 e. The minimum absolute atomic E-state index is 0.791. The second kappa shape index (κ2) is 7.70. The summed E-state index contributed by atoms with van der Waals surface area (Å²) < 4.78 is 0. The van der Waals surface area contributed by atoms with Crippen molar-refractivity contribution in [1.82, 2.24) is 10.6 Å². The zero-order valence-electron chi connectivity index (χ0n) is 12.0. The van der Waals surface area contributed by atoms with Crippen molar-refractivity contribution in [2.45, 2.75) is 19.9 Å². The number of nitrogens with zero attached hydrogens (tertiary/aromatic N) is 1. The van der Waals surface area contributed by atoms with Crippen LogP contribution in [0.15, 0.2) is 46.8 Å². The first-order valence-corrected chi connectivity index (χ1v) is 7.68. The van der Waals surface area contributed by atoms with Crippen LogP contribution in [-0.4, -0.2) is 19.6 Å². The number of rotatable bonds is 5. The van der Waals surface area contributed by atoms with Crippen molar-refractivity contribution in [2.75, 3.05) is 13.6 Å². The summed E-state index contributed by atoms with van der Waals surface area (Å²) in [6.07, 6.45) is 1.03. The highest BCUT2D eigenvalue weighted by atomic mass is 32.1. The van der Waals surface area contributed by atoms with Gasteiger partial charge < -0.3 is 10.6 Å². The topological polar surface area (TPSA) is 36.4 Å². The lowest BCUT2D eigenvalue weighted by atomic mass is 10.1. The van der Waals surface area contributed by atoms with E-state index in [-0.39, 0.29) is 0 Å². The molecule has 0 bridgehead atoms. The van der Waals surface area contributed by atoms with E-state index >= 15 is 0 Å². The van der Waals surface area contributed by atoms with Gasteiger partial charge in [0.2, 0.25) is 0 Å². The van der Waals surface area contributed by atoms with Crippen LogP contribution in [-0.2, 0) is 13.0 Å². The monoisotopic (exact) mass is 287 g/mol. The molecule has 0 aliphatic heterocycles. The number of benzene rings is 1. The molecule has 0 radical (unpaired) electrons. The van der Waals surface area contributed by atoms with Crippen LogP contribution in [0.1, 0.15) is 16.0 Å². The van der Waals surface area contributed by atoms with Crippen molar-refractivity contribution in [3.63, 3.8) is 0 Å². The highest BCUT2D eigenvalue weighted by Crippen LogP contribution is 2.08. The summed E-state index contributed by atoms with van der Waals surface area (Å²) >= 11 is 1.79. The molecule has 0 aliphatic carbocycles. The van der Waals surface area contributed by atoms with Gasteiger partial charge in [0.25, 0.3) is 0 Å². The summed E-state index contributed by atoms with van der Waals surface area (Å²) in [6, 6.07) is 12.8. The Kier molecular flexibility index (Phi) is 5.62. The first kappa shape index (κ1) is 14.6. The second-order valence-corrected chi connectivity index (χ2v) is 5.70. The maximum absolute atomic E-state index is 4.24. The summed E-state index contributed by atoms with van der Waals surface area (Å²) in [5, 5.41) is 8.77. The standard InChI is InChI=1S/C16H21N3S/c1-13-5-7-14(8-6-13)12-19-16(17-2)18-10-9-15-4-3-11-20-15/h3-8,11H,9-10,12H2,1-2H3,(H2,17,18,19). The average Bonchev–Trinajstić information content (AvgIpc) is 2.97. The molecule has 0 unspecified atom stereocenters. The summed E-state index contributed by atoms with van der Waals surface area (Å²) in [5.41, 5.74) is 2.55. The quantitative estimate of drug-likeness (QED) is 0.655. The Morgan fingerprint density at radius 1 is 1.15 bits per heavy atom. The van der Waals surface area contributed by atoms with Gasteiger partial charge in [-0.05, 0) is 30.4 Å². The molecule has 0 saturated carbocycles. The molecule has 0 fully saturated rings. The zero-order chi connectivity index (χ0) is 14.2. The molecule has 0 aliphatic rings. The Balaban J connectivity index is 1.73. The third kappa shape index (κ3) is 4.70. The number of aliphatic imine (C=N–C) groups is 1. The van der Waals surface area contributed by atoms with Gasteiger partial charge >= 0.3 is 0 Å². The Hall–Kier alpha value is -1.81. The number of nitrogens with one attached hydrogen (secondary N) is 2. The third-order valence-electron chi connectivity index (χ3n) is 3.05. The fraction of sp³-hybridized carbons (Fsp3) is 0.312. The Morgan fingerprint density at radius 3 is 2.60 bits per heavy atom. The van der Waals surface area contributed by atoms with E-state index in [1.165, 1.54) is 16.0 Å². The predicted molar refractivity (Wildman–Crippen MR) is 87.4 cm³/mol. The molecule has 2 N–H and O–H groups in total. The molecule has 1 aromatic carbocycles. The lowest BCUT2D eigenvalue weighted by Gasteiger charge is -2.11. The van der Waals surface area contributed by atoms with Gasteiger partial charge in [-0.25, -0.2) is 0 Å². The van der Waals surface area contributed by atoms with Gasteiger partial charge in [0.05, 0.1) is 0 Å². The van der Waals surface area contributed by atoms with Crippen LogP contribution in [0, 0.1) is 6.92 Å². The molecule has 106 valence electrons. The number of thiophene rings is 1. The van der Waals surface area contributed by atoms with E-state index in [0.717, 1.165) is 25.5 Å². The SMILES string of the molecule is CN=C(NCCc1cccs1)NCc1ccc(C)cc1. The Labute approximate surface area is 124 Å². The minimum atomic E-state index is 0.791. The molecule has 20 heavy (non-hydrogen) atoms. The lowest BCUT2D eigenvalue weighted by molar-refractivity contribution is 0.799. The fourth-order valence-corrected chi connectivity index (χ4v) is 2.58. The van der Waals surface area contributed by atoms with Crippen LogP contribution in [0.5, 0.6) is 0 Å². The van der Waals surface area contributed by atoms with E-state index in [1.807, 2.05) is 0 Å². The minimum Gasteiger partial charge on any atom is -0.356 e. The molecule has 0 saturated heterocycles. The first-order valence-electron chi connectivity index (χ1n) is 6.80. The zero-order valence-corrected chi connectivity index (χ0v) is 12.8. The van der Waals surface area contributed by atoms with Gasteiger partial charge in [-0.3, -0.25) is 4.99 Å². The number of hydrogen-bond donors (Lipinski definition) is 2. The molecular formula is C16H21N3S. The van der Waals surface area contributed by atoms with Crippen LogP contribution < -0.4 is 10.6 Å². The largest absolute Gasteiger partial charge is 0.356 e. The van der Waals surface area contributed by atoms with Gasteiger partial charge in [0, 0.05) is 25.0 Å². The molecule has 0 amide bonds. The molecule has 1 aromatic heterocycles. The Morgan fingerprint density at radius 2 is 1.95 bits per heavy atom. The molecule has 0 atom stereocenters. The third-order valence-corrected chi connectivity index (χ3v) is 3.98. The molecule has 1 heterocycles. The van der Waals surface area contributed by atoms with E-state index in [2.05, 4.69) is 64.3 Å². The first-order chi connectivity index (χ1) is 9.78. The highest BCUT2D eigenvalue weighted by Gasteiger charge is 1.99. The molecule has 2 aromatic rings. The summed E-state index contributed by atoms with van der Waals surface area (Å²) in [6.45, 7) is 3.79. The Bertz CT molecular complexity index is 529. The van der Waals surface area contributed by atoms with E-state index in [1.54, 1.807) is 18.4 Å². The predicted octanol–water partition coefficient (Wildman–Crippen LogP) is 2.96. The smallest absolute Gasteiger partial charge is 0.191 e. The number of hydrogen-bond acceptors (Lipinski definition) is 2. The molecule has 3 nitrogen and oxygen atoms in total. The maximum atomic E-state index is 4.24. The van der Waals surface area contributed by atoms with Crippen LogP contribution in [0.4, 0.5) is 0 Å². The summed E-state index contributed by atoms with van der Waals surface area (Å²) in [7, 11) is 1.80. The van der Waals surface area contributed by atoms with Crippen LogP contribution in [0.25, 0.3) is 0 Å². The van der Waals surface area contributed by atoms with Crippen LogP contribution in [0.3, 0.4) is 0 Å². The average molecular weight is 287 g/mol. The number of aryl methyl sites for hydroxylation is 1. The second-order valence-electron chi connectivity index (χ2n) is 4.67. The van der Waals surface area contributed by atoms with Gasteiger partial charge in [-0.2, -0.15) is 0 Å². The van der Waals surface area contributed by atoms with Gasteiger partial charge in [0.15, 0.2) is 5.96 Å². The lowest BCUT2D eigenvalue weighted by Crippen LogP contribution is -2.37. The summed E-state index contributed by atoms with van der Waals surface area (Å²) in [4.78, 5) is 5.63.